The van der Waals surface area contributed by atoms with Gasteiger partial charge < -0.3 is 19.4 Å². The smallest absolute Gasteiger partial charge is 0.277 e. The summed E-state index contributed by atoms with van der Waals surface area (Å²) in [7, 11) is 1.58. The minimum Gasteiger partial charge on any atom is -0.481 e. The molecule has 1 aliphatic carbocycles. The molecule has 1 atom stereocenters. The van der Waals surface area contributed by atoms with Gasteiger partial charge in [0, 0.05) is 13.1 Å². The fraction of sp³-hybridized carbons (Fsp3) is 0.444. The lowest BCUT2D eigenvalue weighted by atomic mass is 10.3. The van der Waals surface area contributed by atoms with E-state index in [-0.39, 0.29) is 47.1 Å². The summed E-state index contributed by atoms with van der Waals surface area (Å²) in [6.45, 7) is 1.75. The van der Waals surface area contributed by atoms with Crippen molar-refractivity contribution in [3.05, 3.63) is 36.0 Å². The maximum absolute atomic E-state index is 12.9. The molecule has 1 heterocycles. The summed E-state index contributed by atoms with van der Waals surface area (Å²) in [4.78, 5) is 25.2. The van der Waals surface area contributed by atoms with E-state index in [1.165, 1.54) is 29.2 Å². The van der Waals surface area contributed by atoms with Crippen LogP contribution in [0.2, 0.25) is 0 Å². The first kappa shape index (κ1) is 20.1. The maximum Gasteiger partial charge on any atom is 0.277 e. The largest absolute Gasteiger partial charge is 0.481 e. The van der Waals surface area contributed by atoms with Gasteiger partial charge in [0.2, 0.25) is 11.8 Å². The molecular formula is C18H21FN4O4S. The van der Waals surface area contributed by atoms with Gasteiger partial charge in [0.15, 0.2) is 6.10 Å². The Morgan fingerprint density at radius 2 is 2.07 bits per heavy atom. The van der Waals surface area contributed by atoms with E-state index < -0.39 is 6.10 Å². The summed E-state index contributed by atoms with van der Waals surface area (Å²) >= 11 is 1.09. The van der Waals surface area contributed by atoms with Crippen LogP contribution in [0, 0.1) is 5.82 Å². The Morgan fingerprint density at radius 1 is 1.36 bits per heavy atom. The van der Waals surface area contributed by atoms with Gasteiger partial charge in [0.25, 0.3) is 11.1 Å². The Morgan fingerprint density at radius 3 is 2.75 bits per heavy atom. The number of thioether (sulfide) groups is 1. The Bertz CT molecular complexity index is 825. The summed E-state index contributed by atoms with van der Waals surface area (Å²) in [6, 6.07) is 5.87. The van der Waals surface area contributed by atoms with Crippen molar-refractivity contribution in [1.82, 2.24) is 20.4 Å². The van der Waals surface area contributed by atoms with Crippen LogP contribution in [0.3, 0.4) is 0 Å². The predicted molar refractivity (Wildman–Crippen MR) is 99.3 cm³/mol. The van der Waals surface area contributed by atoms with E-state index in [2.05, 4.69) is 15.5 Å². The van der Waals surface area contributed by atoms with Crippen LogP contribution >= 0.6 is 11.8 Å². The fourth-order valence-electron chi connectivity index (χ4n) is 2.25. The number of likely N-dealkylation sites (N-methyl/N-ethyl adjacent to an activating group) is 1. The topological polar surface area (TPSA) is 97.6 Å². The molecule has 0 spiro atoms. The van der Waals surface area contributed by atoms with E-state index in [1.807, 2.05) is 0 Å². The highest BCUT2D eigenvalue weighted by atomic mass is 32.2. The number of carbonyl (C=O) groups excluding carboxylic acids is 2. The molecule has 1 N–H and O–H groups in total. The highest BCUT2D eigenvalue weighted by molar-refractivity contribution is 7.99. The third-order valence-electron chi connectivity index (χ3n) is 3.96. The molecule has 0 bridgehead atoms. The first-order valence-corrected chi connectivity index (χ1v) is 9.81. The van der Waals surface area contributed by atoms with Crippen molar-refractivity contribution in [3.8, 4) is 5.75 Å². The molecule has 0 unspecified atom stereocenters. The first-order valence-electron chi connectivity index (χ1n) is 8.82. The van der Waals surface area contributed by atoms with Gasteiger partial charge in [-0.25, -0.2) is 4.39 Å². The number of hydrogen-bond donors (Lipinski definition) is 1. The molecule has 0 aliphatic heterocycles. The fourth-order valence-corrected chi connectivity index (χ4v) is 2.96. The molecular weight excluding hydrogens is 387 g/mol. The van der Waals surface area contributed by atoms with Crippen LogP contribution in [0.4, 0.5) is 4.39 Å². The van der Waals surface area contributed by atoms with E-state index >= 15 is 0 Å². The Labute approximate surface area is 165 Å². The summed E-state index contributed by atoms with van der Waals surface area (Å²) < 4.78 is 24.1. The van der Waals surface area contributed by atoms with E-state index in [0.29, 0.717) is 5.75 Å². The van der Waals surface area contributed by atoms with Gasteiger partial charge in [-0.15, -0.1) is 10.2 Å². The molecule has 2 aromatic rings. The van der Waals surface area contributed by atoms with Crippen LogP contribution in [0.5, 0.6) is 5.75 Å². The molecule has 1 aliphatic rings. The van der Waals surface area contributed by atoms with E-state index in [0.717, 1.165) is 24.6 Å². The van der Waals surface area contributed by atoms with E-state index in [4.69, 9.17) is 9.15 Å². The number of hydrogen-bond acceptors (Lipinski definition) is 7. The highest BCUT2D eigenvalue weighted by Gasteiger charge is 2.24. The molecule has 1 fully saturated rings. The number of ether oxygens (including phenoxy) is 1. The summed E-state index contributed by atoms with van der Waals surface area (Å²) in [5, 5.41) is 10.9. The number of aromatic nitrogens is 2. The molecule has 2 amide bonds. The quantitative estimate of drug-likeness (QED) is 0.635. The number of halogens is 1. The van der Waals surface area contributed by atoms with Crippen LogP contribution in [0.25, 0.3) is 0 Å². The number of rotatable bonds is 9. The van der Waals surface area contributed by atoms with Crippen LogP contribution in [0.1, 0.15) is 31.8 Å². The number of nitrogens with zero attached hydrogens (tertiary/aromatic N) is 3. The van der Waals surface area contributed by atoms with Crippen molar-refractivity contribution in [2.75, 3.05) is 19.3 Å². The molecule has 0 radical (unpaired) electrons. The second kappa shape index (κ2) is 9.05. The molecule has 1 aromatic heterocycles. The van der Waals surface area contributed by atoms with Crippen molar-refractivity contribution >= 4 is 23.6 Å². The van der Waals surface area contributed by atoms with Gasteiger partial charge in [-0.2, -0.15) is 0 Å². The highest BCUT2D eigenvalue weighted by Crippen LogP contribution is 2.24. The third kappa shape index (κ3) is 5.95. The summed E-state index contributed by atoms with van der Waals surface area (Å²) in [5.74, 6) is 0.0684. The second-order valence-corrected chi connectivity index (χ2v) is 7.43. The van der Waals surface area contributed by atoms with Gasteiger partial charge in [-0.05, 0) is 44.0 Å². The van der Waals surface area contributed by atoms with Crippen LogP contribution in [-0.2, 0) is 9.59 Å². The molecule has 10 heteroatoms. The summed E-state index contributed by atoms with van der Waals surface area (Å²) in [5.41, 5.74) is 0. The third-order valence-corrected chi connectivity index (χ3v) is 4.77. The molecule has 0 saturated heterocycles. The normalized spacial score (nSPS) is 14.4. The average molecular weight is 408 g/mol. The molecule has 1 saturated carbocycles. The van der Waals surface area contributed by atoms with Crippen molar-refractivity contribution in [1.29, 1.82) is 0 Å². The maximum atomic E-state index is 12.9. The van der Waals surface area contributed by atoms with Gasteiger partial charge in [-0.3, -0.25) is 9.59 Å². The summed E-state index contributed by atoms with van der Waals surface area (Å²) in [6.07, 6.45) is 1.47. The minimum absolute atomic E-state index is 0.0213. The standard InChI is InChI=1S/C18H21FN4O4S/c1-11(26-14-7-3-12(19)4-8-14)17-21-22-18(27-17)28-10-16(25)23(2)9-15(24)20-13-5-6-13/h3-4,7-8,11,13H,5-6,9-10H2,1-2H3,(H,20,24)/t11-/m1/s1. The van der Waals surface area contributed by atoms with Gasteiger partial charge in [-0.1, -0.05) is 11.8 Å². The van der Waals surface area contributed by atoms with Crippen LogP contribution in [0.15, 0.2) is 33.9 Å². The van der Waals surface area contributed by atoms with Gasteiger partial charge in [0.1, 0.15) is 11.6 Å². The van der Waals surface area contributed by atoms with Crippen molar-refractivity contribution in [3.63, 3.8) is 0 Å². The Hall–Kier alpha value is -2.62. The van der Waals surface area contributed by atoms with Crippen molar-refractivity contribution in [2.45, 2.75) is 37.1 Å². The SMILES string of the molecule is C[C@@H](Oc1ccc(F)cc1)c1nnc(SCC(=O)N(C)CC(=O)NC2CC2)o1. The Kier molecular flexibility index (Phi) is 6.50. The van der Waals surface area contributed by atoms with Crippen molar-refractivity contribution in [2.24, 2.45) is 0 Å². The molecule has 3 rings (SSSR count). The minimum atomic E-state index is -0.531. The number of amides is 2. The number of benzene rings is 1. The molecule has 150 valence electrons. The van der Waals surface area contributed by atoms with Gasteiger partial charge in [0.05, 0.1) is 12.3 Å². The number of nitrogens with one attached hydrogen (secondary N) is 1. The van der Waals surface area contributed by atoms with E-state index in [9.17, 15) is 14.0 Å². The zero-order chi connectivity index (χ0) is 20.1. The zero-order valence-corrected chi connectivity index (χ0v) is 16.4. The lowest BCUT2D eigenvalue weighted by Gasteiger charge is -2.15. The van der Waals surface area contributed by atoms with Crippen LogP contribution < -0.4 is 10.1 Å². The van der Waals surface area contributed by atoms with Crippen molar-refractivity contribution < 1.29 is 23.1 Å². The number of carbonyl (C=O) groups is 2. The van der Waals surface area contributed by atoms with E-state index in [1.54, 1.807) is 14.0 Å². The Balaban J connectivity index is 1.44. The van der Waals surface area contributed by atoms with Crippen LogP contribution in [-0.4, -0.2) is 52.3 Å². The lowest BCUT2D eigenvalue weighted by molar-refractivity contribution is -0.132. The predicted octanol–water partition coefficient (Wildman–Crippen LogP) is 2.18. The molecule has 1 aromatic carbocycles. The monoisotopic (exact) mass is 408 g/mol. The molecule has 8 nitrogen and oxygen atoms in total. The van der Waals surface area contributed by atoms with Gasteiger partial charge >= 0.3 is 0 Å². The first-order chi connectivity index (χ1) is 13.4. The molecule has 28 heavy (non-hydrogen) atoms. The average Bonchev–Trinajstić information content (AvgIpc) is 3.34. The zero-order valence-electron chi connectivity index (χ0n) is 15.6. The second-order valence-electron chi connectivity index (χ2n) is 6.50. The lowest BCUT2D eigenvalue weighted by Crippen LogP contribution is -2.39.